The third-order valence-corrected chi connectivity index (χ3v) is 5.02. The summed E-state index contributed by atoms with van der Waals surface area (Å²) in [6, 6.07) is 13.9. The second-order valence-electron chi connectivity index (χ2n) is 5.60. The molecular formula is C20H17N3OS. The Balaban J connectivity index is 1.97. The first-order valence-electron chi connectivity index (χ1n) is 7.98. The minimum absolute atomic E-state index is 0.265. The maximum Gasteiger partial charge on any atom is 0.257 e. The zero-order chi connectivity index (χ0) is 17.8. The molecular weight excluding hydrogens is 330 g/mol. The molecule has 0 unspecified atom stereocenters. The van der Waals surface area contributed by atoms with Gasteiger partial charge in [-0.25, -0.2) is 0 Å². The summed E-state index contributed by atoms with van der Waals surface area (Å²) in [4.78, 5) is 17.3. The third kappa shape index (κ3) is 3.44. The topological polar surface area (TPSA) is 65.8 Å². The number of hydrogen-bond donors (Lipinski definition) is 1. The Morgan fingerprint density at radius 1 is 1.28 bits per heavy atom. The number of aromatic nitrogens is 1. The van der Waals surface area contributed by atoms with Crippen molar-refractivity contribution in [2.24, 2.45) is 0 Å². The van der Waals surface area contributed by atoms with Gasteiger partial charge in [0.25, 0.3) is 5.91 Å². The highest BCUT2D eigenvalue weighted by atomic mass is 32.1. The van der Waals surface area contributed by atoms with E-state index in [0.29, 0.717) is 16.1 Å². The Hall–Kier alpha value is -2.97. The van der Waals surface area contributed by atoms with Crippen LogP contribution >= 0.6 is 11.3 Å². The molecule has 3 rings (SSSR count). The molecule has 0 spiro atoms. The molecule has 1 amide bonds. The maximum atomic E-state index is 12.4. The number of carbonyl (C=O) groups is 1. The number of aryl methyl sites for hydroxylation is 2. The summed E-state index contributed by atoms with van der Waals surface area (Å²) < 4.78 is 0. The minimum atomic E-state index is -0.265. The van der Waals surface area contributed by atoms with Crippen molar-refractivity contribution >= 4 is 22.2 Å². The normalized spacial score (nSPS) is 10.3. The van der Waals surface area contributed by atoms with Gasteiger partial charge in [-0.05, 0) is 36.6 Å². The summed E-state index contributed by atoms with van der Waals surface area (Å²) in [5.74, 6) is -0.265. The monoisotopic (exact) mass is 347 g/mol. The highest BCUT2D eigenvalue weighted by Gasteiger charge is 2.19. The number of benzene rings is 1. The van der Waals surface area contributed by atoms with Crippen molar-refractivity contribution in [2.75, 3.05) is 5.32 Å². The lowest BCUT2D eigenvalue weighted by Gasteiger charge is -2.05. The van der Waals surface area contributed by atoms with Gasteiger partial charge in [-0.3, -0.25) is 9.78 Å². The number of nitrogens with one attached hydrogen (secondary N) is 1. The molecule has 0 saturated heterocycles. The number of thiophene rings is 1. The van der Waals surface area contributed by atoms with Gasteiger partial charge in [0.2, 0.25) is 0 Å². The van der Waals surface area contributed by atoms with Gasteiger partial charge in [0, 0.05) is 22.8 Å². The highest BCUT2D eigenvalue weighted by molar-refractivity contribution is 7.17. The molecule has 4 nitrogen and oxygen atoms in total. The number of amides is 1. The lowest BCUT2D eigenvalue weighted by atomic mass is 10.00. The quantitative estimate of drug-likeness (QED) is 0.737. The molecule has 0 aliphatic heterocycles. The predicted octanol–water partition coefficient (Wildman–Crippen LogP) is 4.80. The van der Waals surface area contributed by atoms with Crippen LogP contribution in [0.15, 0.2) is 48.8 Å². The molecule has 0 aliphatic rings. The lowest BCUT2D eigenvalue weighted by molar-refractivity contribution is 0.102. The van der Waals surface area contributed by atoms with Crippen LogP contribution in [-0.2, 0) is 6.42 Å². The second-order valence-corrected chi connectivity index (χ2v) is 6.82. The smallest absolute Gasteiger partial charge is 0.257 e. The van der Waals surface area contributed by atoms with Gasteiger partial charge < -0.3 is 5.32 Å². The van der Waals surface area contributed by atoms with Crippen molar-refractivity contribution in [3.05, 3.63) is 70.4 Å². The maximum absolute atomic E-state index is 12.4. The van der Waals surface area contributed by atoms with Crippen molar-refractivity contribution in [3.8, 4) is 17.2 Å². The molecule has 0 bridgehead atoms. The van der Waals surface area contributed by atoms with Crippen LogP contribution in [0.4, 0.5) is 5.00 Å². The molecule has 0 aliphatic carbocycles. The van der Waals surface area contributed by atoms with E-state index in [1.807, 2.05) is 19.1 Å². The molecule has 2 aromatic heterocycles. The van der Waals surface area contributed by atoms with Gasteiger partial charge in [-0.15, -0.1) is 11.3 Å². The van der Waals surface area contributed by atoms with Crippen LogP contribution in [0.1, 0.15) is 33.3 Å². The van der Waals surface area contributed by atoms with Crippen LogP contribution < -0.4 is 5.32 Å². The van der Waals surface area contributed by atoms with Crippen LogP contribution in [0.25, 0.3) is 11.1 Å². The van der Waals surface area contributed by atoms with Crippen molar-refractivity contribution in [2.45, 2.75) is 20.3 Å². The van der Waals surface area contributed by atoms with Crippen LogP contribution in [0.3, 0.4) is 0 Å². The van der Waals surface area contributed by atoms with Crippen molar-refractivity contribution in [3.63, 3.8) is 0 Å². The SMILES string of the molecule is CCc1ccc(-c2c(C)sc(NC(=O)c3cccnc3)c2C#N)cc1. The number of anilines is 1. The second kappa shape index (κ2) is 7.29. The van der Waals surface area contributed by atoms with E-state index in [0.717, 1.165) is 22.4 Å². The molecule has 1 N–H and O–H groups in total. The zero-order valence-electron chi connectivity index (χ0n) is 14.0. The highest BCUT2D eigenvalue weighted by Crippen LogP contribution is 2.39. The van der Waals surface area contributed by atoms with Gasteiger partial charge in [-0.1, -0.05) is 31.2 Å². The number of pyridine rings is 1. The van der Waals surface area contributed by atoms with Gasteiger partial charge in [0.05, 0.1) is 11.1 Å². The number of hydrogen-bond acceptors (Lipinski definition) is 4. The van der Waals surface area contributed by atoms with Crippen LogP contribution in [-0.4, -0.2) is 10.9 Å². The van der Waals surface area contributed by atoms with E-state index in [4.69, 9.17) is 0 Å². The fraction of sp³-hybridized carbons (Fsp3) is 0.150. The molecule has 0 fully saturated rings. The molecule has 25 heavy (non-hydrogen) atoms. The first kappa shape index (κ1) is 16.9. The zero-order valence-corrected chi connectivity index (χ0v) is 14.9. The van der Waals surface area contributed by atoms with Crippen LogP contribution in [0, 0.1) is 18.3 Å². The molecule has 1 aromatic carbocycles. The summed E-state index contributed by atoms with van der Waals surface area (Å²) >= 11 is 1.42. The van der Waals surface area contributed by atoms with E-state index in [2.05, 4.69) is 35.4 Å². The molecule has 5 heteroatoms. The first-order valence-corrected chi connectivity index (χ1v) is 8.79. The van der Waals surface area contributed by atoms with Crippen molar-refractivity contribution in [1.82, 2.24) is 4.98 Å². The number of nitrogens with zero attached hydrogens (tertiary/aromatic N) is 2. The summed E-state index contributed by atoms with van der Waals surface area (Å²) in [7, 11) is 0. The summed E-state index contributed by atoms with van der Waals surface area (Å²) in [6.45, 7) is 4.08. The molecule has 2 heterocycles. The van der Waals surface area contributed by atoms with Gasteiger partial charge in [0.1, 0.15) is 11.1 Å². The van der Waals surface area contributed by atoms with Gasteiger partial charge in [-0.2, -0.15) is 5.26 Å². The first-order chi connectivity index (χ1) is 12.1. The van der Waals surface area contributed by atoms with E-state index in [-0.39, 0.29) is 5.91 Å². The Labute approximate surface area is 150 Å². The molecule has 0 atom stereocenters. The minimum Gasteiger partial charge on any atom is -0.312 e. The summed E-state index contributed by atoms with van der Waals surface area (Å²) in [5.41, 5.74) is 4.09. The molecule has 124 valence electrons. The van der Waals surface area contributed by atoms with Gasteiger partial charge in [0.15, 0.2) is 0 Å². The average molecular weight is 347 g/mol. The number of nitriles is 1. The van der Waals surface area contributed by atoms with E-state index >= 15 is 0 Å². The third-order valence-electron chi connectivity index (χ3n) is 4.00. The van der Waals surface area contributed by atoms with Crippen molar-refractivity contribution < 1.29 is 4.79 Å². The van der Waals surface area contributed by atoms with Crippen LogP contribution in [0.2, 0.25) is 0 Å². The molecule has 0 saturated carbocycles. The Kier molecular flexibility index (Phi) is 4.92. The van der Waals surface area contributed by atoms with E-state index < -0.39 is 0 Å². The lowest BCUT2D eigenvalue weighted by Crippen LogP contribution is -2.11. The summed E-state index contributed by atoms with van der Waals surface area (Å²) in [5, 5.41) is 13.1. The Morgan fingerprint density at radius 3 is 2.64 bits per heavy atom. The van der Waals surface area contributed by atoms with E-state index in [1.165, 1.54) is 23.1 Å². The average Bonchev–Trinajstić information content (AvgIpc) is 2.97. The van der Waals surface area contributed by atoms with E-state index in [1.54, 1.807) is 18.3 Å². The Morgan fingerprint density at radius 2 is 2.04 bits per heavy atom. The fourth-order valence-electron chi connectivity index (χ4n) is 2.67. The standard InChI is InChI=1S/C20H17N3OS/c1-3-14-6-8-15(9-7-14)18-13(2)25-20(17(18)11-21)23-19(24)16-5-4-10-22-12-16/h4-10,12H,3H2,1-2H3,(H,23,24). The number of rotatable bonds is 4. The van der Waals surface area contributed by atoms with Crippen molar-refractivity contribution in [1.29, 1.82) is 5.26 Å². The van der Waals surface area contributed by atoms with Gasteiger partial charge >= 0.3 is 0 Å². The molecule has 3 aromatic rings. The largest absolute Gasteiger partial charge is 0.312 e. The summed E-state index contributed by atoms with van der Waals surface area (Å²) in [6.07, 6.45) is 4.09. The van der Waals surface area contributed by atoms with Crippen LogP contribution in [0.5, 0.6) is 0 Å². The number of carbonyl (C=O) groups excluding carboxylic acids is 1. The molecule has 0 radical (unpaired) electrons. The predicted molar refractivity (Wildman–Crippen MR) is 101 cm³/mol. The fourth-order valence-corrected chi connectivity index (χ4v) is 3.69. The van der Waals surface area contributed by atoms with E-state index in [9.17, 15) is 10.1 Å². The Bertz CT molecular complexity index is 938.